The Morgan fingerprint density at radius 3 is 2.76 bits per heavy atom. The molecule has 7 heteroatoms. The lowest BCUT2D eigenvalue weighted by Gasteiger charge is -2.14. The Balaban J connectivity index is 0. The summed E-state index contributed by atoms with van der Waals surface area (Å²) in [5.41, 5.74) is 5.17. The fraction of sp³-hybridized carbons (Fsp3) is 0.900. The first-order chi connectivity index (χ1) is 8.13. The quantitative estimate of drug-likeness (QED) is 0.208. The van der Waals surface area contributed by atoms with Crippen LogP contribution in [0, 0.1) is 5.92 Å². The van der Waals surface area contributed by atoms with E-state index in [2.05, 4.69) is 19.0 Å². The molecule has 102 valence electrons. The number of amidine groups is 1. The number of hydrogen-bond acceptors (Lipinski definition) is 5. The van der Waals surface area contributed by atoms with E-state index in [1.807, 2.05) is 0 Å². The average Bonchev–Trinajstić information content (AvgIpc) is 2.36. The molecule has 0 heterocycles. The summed E-state index contributed by atoms with van der Waals surface area (Å²) in [4.78, 5) is 0. The molecule has 17 heavy (non-hydrogen) atoms. The minimum absolute atomic E-state index is 0. The van der Waals surface area contributed by atoms with Crippen molar-refractivity contribution in [2.45, 2.75) is 39.5 Å². The summed E-state index contributed by atoms with van der Waals surface area (Å²) in [6.45, 7) is 4.47. The van der Waals surface area contributed by atoms with Gasteiger partial charge in [0.15, 0.2) is 5.84 Å². The smallest absolute Gasteiger partial charge is 0.409 e. The van der Waals surface area contributed by atoms with Gasteiger partial charge in [0, 0.05) is 0 Å². The Morgan fingerprint density at radius 1 is 1.53 bits per heavy atom. The van der Waals surface area contributed by atoms with E-state index in [4.69, 9.17) is 20.0 Å². The predicted octanol–water partition coefficient (Wildman–Crippen LogP) is 2.48. The zero-order valence-corrected chi connectivity index (χ0v) is 11.5. The monoisotopic (exact) mass is 267 g/mol. The molecule has 0 aliphatic carbocycles. The largest absolute Gasteiger partial charge is 1.00 e. The Morgan fingerprint density at radius 2 is 2.24 bits per heavy atom. The van der Waals surface area contributed by atoms with E-state index < -0.39 is 8.25 Å². The van der Waals surface area contributed by atoms with Crippen LogP contribution in [0.15, 0.2) is 5.16 Å². The van der Waals surface area contributed by atoms with E-state index in [9.17, 15) is 4.57 Å². The highest BCUT2D eigenvalue weighted by Gasteiger charge is 2.09. The van der Waals surface area contributed by atoms with Crippen LogP contribution >= 0.6 is 8.25 Å². The first-order valence-electron chi connectivity index (χ1n) is 5.89. The van der Waals surface area contributed by atoms with E-state index in [-0.39, 0.29) is 13.9 Å². The van der Waals surface area contributed by atoms with Gasteiger partial charge in [-0.25, -0.2) is 0 Å². The van der Waals surface area contributed by atoms with Gasteiger partial charge in [-0.2, -0.15) is 0 Å². The second-order valence-electron chi connectivity index (χ2n) is 3.86. The molecule has 0 aliphatic rings. The van der Waals surface area contributed by atoms with Crippen LogP contribution in [0.1, 0.15) is 41.0 Å². The lowest BCUT2D eigenvalue weighted by Crippen LogP contribution is -2.17. The first kappa shape index (κ1) is 16.4. The minimum Gasteiger partial charge on any atom is -0.409 e. The van der Waals surface area contributed by atoms with Crippen LogP contribution < -0.4 is 5.73 Å². The van der Waals surface area contributed by atoms with Crippen LogP contribution in [0.2, 0.25) is 0 Å². The van der Waals surface area contributed by atoms with Crippen molar-refractivity contribution in [1.29, 1.82) is 0 Å². The molecule has 0 amide bonds. The molecule has 0 aromatic rings. The fourth-order valence-corrected chi connectivity index (χ4v) is 2.01. The van der Waals surface area contributed by atoms with Gasteiger partial charge in [0.1, 0.15) is 6.61 Å². The zero-order valence-electron chi connectivity index (χ0n) is 11.5. The average molecular weight is 267 g/mol. The summed E-state index contributed by atoms with van der Waals surface area (Å²) >= 11 is 0. The molecule has 6 nitrogen and oxygen atoms in total. The van der Waals surface area contributed by atoms with Crippen LogP contribution in [-0.2, 0) is 13.6 Å². The molecule has 0 aromatic heterocycles. The van der Waals surface area contributed by atoms with Gasteiger partial charge in [-0.05, 0) is 12.3 Å². The fourth-order valence-electron chi connectivity index (χ4n) is 1.29. The van der Waals surface area contributed by atoms with E-state index in [1.165, 1.54) is 0 Å². The van der Waals surface area contributed by atoms with Crippen LogP contribution in [0.25, 0.3) is 0 Å². The van der Waals surface area contributed by atoms with Gasteiger partial charge < -0.3 is 20.0 Å². The standard InChI is InChI=1S/C10H23N2O4P/c1-3-5-6-9(4-2)7-15-17(14)16-8-10(11)12-13/h9,13,17H,3-8H2,1-2H3,(H2,11,12)/p+1. The van der Waals surface area contributed by atoms with Gasteiger partial charge >= 0.3 is 9.68 Å². The van der Waals surface area contributed by atoms with Crippen molar-refractivity contribution in [2.75, 3.05) is 13.2 Å². The lowest BCUT2D eigenvalue weighted by molar-refractivity contribution is 0.198. The van der Waals surface area contributed by atoms with Gasteiger partial charge in [-0.1, -0.05) is 38.3 Å². The SMILES string of the molecule is CCCCC(CC)CO[PH](=O)OCC(N)=NO.[H+]. The Bertz CT molecular complexity index is 254. The summed E-state index contributed by atoms with van der Waals surface area (Å²) in [6, 6.07) is 0. The van der Waals surface area contributed by atoms with Crippen molar-refractivity contribution in [2.24, 2.45) is 16.8 Å². The van der Waals surface area contributed by atoms with Gasteiger partial charge in [0.2, 0.25) is 0 Å². The van der Waals surface area contributed by atoms with Crippen LogP contribution in [0.3, 0.4) is 0 Å². The molecule has 0 fully saturated rings. The maximum atomic E-state index is 11.3. The van der Waals surface area contributed by atoms with E-state index >= 15 is 0 Å². The zero-order chi connectivity index (χ0) is 13.1. The number of nitrogens with two attached hydrogens (primary N) is 1. The van der Waals surface area contributed by atoms with Gasteiger partial charge in [0.25, 0.3) is 0 Å². The third kappa shape index (κ3) is 9.15. The van der Waals surface area contributed by atoms with Crippen molar-refractivity contribution in [3.05, 3.63) is 0 Å². The molecule has 2 atom stereocenters. The molecule has 0 rings (SSSR count). The normalized spacial score (nSPS) is 15.8. The van der Waals surface area contributed by atoms with E-state index in [0.29, 0.717) is 12.5 Å². The van der Waals surface area contributed by atoms with Crippen molar-refractivity contribution >= 4 is 14.1 Å². The van der Waals surface area contributed by atoms with Gasteiger partial charge in [0.05, 0.1) is 6.61 Å². The highest BCUT2D eigenvalue weighted by atomic mass is 31.1. The topological polar surface area (TPSA) is 94.1 Å². The van der Waals surface area contributed by atoms with Crippen molar-refractivity contribution in [3.8, 4) is 0 Å². The molecule has 0 bridgehead atoms. The Labute approximate surface area is 105 Å². The van der Waals surface area contributed by atoms with Crippen molar-refractivity contribution < 1.29 is 20.2 Å². The molecule has 0 radical (unpaired) electrons. The first-order valence-corrected chi connectivity index (χ1v) is 7.12. The molecule has 0 saturated carbocycles. The van der Waals surface area contributed by atoms with E-state index in [1.54, 1.807) is 0 Å². The molecule has 2 unspecified atom stereocenters. The van der Waals surface area contributed by atoms with Gasteiger partial charge in [-0.15, -0.1) is 0 Å². The Kier molecular flexibility index (Phi) is 10.2. The second kappa shape index (κ2) is 10.6. The third-order valence-electron chi connectivity index (χ3n) is 2.45. The summed E-state index contributed by atoms with van der Waals surface area (Å²) < 4.78 is 21.2. The molecular formula is C10H24N2O4P+. The predicted molar refractivity (Wildman–Crippen MR) is 68.7 cm³/mol. The second-order valence-corrected chi connectivity index (χ2v) is 4.93. The number of oxime groups is 1. The molecule has 0 saturated heterocycles. The maximum Gasteiger partial charge on any atom is 1.00 e. The van der Waals surface area contributed by atoms with Crippen LogP contribution in [0.5, 0.6) is 0 Å². The number of unbranched alkanes of at least 4 members (excludes halogenated alkanes) is 1. The maximum absolute atomic E-state index is 11.3. The molecule has 3 N–H and O–H groups in total. The van der Waals surface area contributed by atoms with Crippen molar-refractivity contribution in [1.82, 2.24) is 0 Å². The summed E-state index contributed by atoms with van der Waals surface area (Å²) in [6.07, 6.45) is 4.36. The number of hydrogen-bond donors (Lipinski definition) is 2. The summed E-state index contributed by atoms with van der Waals surface area (Å²) in [5.74, 6) is 0.293. The van der Waals surface area contributed by atoms with Crippen LogP contribution in [-0.4, -0.2) is 24.3 Å². The summed E-state index contributed by atoms with van der Waals surface area (Å²) in [5, 5.41) is 11.0. The highest BCUT2D eigenvalue weighted by molar-refractivity contribution is 7.33. The van der Waals surface area contributed by atoms with Crippen molar-refractivity contribution in [3.63, 3.8) is 0 Å². The van der Waals surface area contributed by atoms with Gasteiger partial charge in [-0.3, -0.25) is 4.57 Å². The highest BCUT2D eigenvalue weighted by Crippen LogP contribution is 2.26. The third-order valence-corrected chi connectivity index (χ3v) is 3.23. The number of rotatable bonds is 10. The lowest BCUT2D eigenvalue weighted by atomic mass is 10.0. The molecule has 0 aliphatic heterocycles. The number of nitrogens with zero attached hydrogens (tertiary/aromatic N) is 1. The van der Waals surface area contributed by atoms with E-state index in [0.717, 1.165) is 25.7 Å². The Hall–Kier alpha value is -0.580. The minimum atomic E-state index is -2.55. The molecule has 0 aromatic carbocycles. The van der Waals surface area contributed by atoms with Crippen LogP contribution in [0.4, 0.5) is 0 Å². The summed E-state index contributed by atoms with van der Waals surface area (Å²) in [7, 11) is -2.55. The molecule has 0 spiro atoms. The molecular weight excluding hydrogens is 243 g/mol.